The second-order valence-electron chi connectivity index (χ2n) is 8.85. The van der Waals surface area contributed by atoms with Gasteiger partial charge in [-0.15, -0.1) is 0 Å². The Balaban J connectivity index is 1.63. The Kier molecular flexibility index (Phi) is 6.12. The maximum Gasteiger partial charge on any atom is 0.294 e. The number of carbonyl (C=O) groups excluding carboxylic acids is 3. The Labute approximate surface area is 199 Å². The molecule has 35 heavy (non-hydrogen) atoms. The SMILES string of the molecule is CNC(=O)C1(NC(=O)C(=O)c2c(C)c(C=Nc3ccc(F)c(C=N)c3)c3n2CCC3)CC(F)(F)C1. The molecule has 2 amide bonds. The van der Waals surface area contributed by atoms with E-state index >= 15 is 0 Å². The van der Waals surface area contributed by atoms with E-state index < -0.39 is 47.7 Å². The molecule has 2 aliphatic rings. The average molecular weight is 487 g/mol. The van der Waals surface area contributed by atoms with E-state index in [1.807, 2.05) is 0 Å². The lowest BCUT2D eigenvalue weighted by molar-refractivity contribution is -0.164. The number of amides is 2. The molecule has 0 bridgehead atoms. The first kappa shape index (κ1) is 24.4. The Morgan fingerprint density at radius 2 is 1.94 bits per heavy atom. The van der Waals surface area contributed by atoms with Crippen molar-refractivity contribution < 1.29 is 27.6 Å². The molecule has 0 atom stereocenters. The van der Waals surface area contributed by atoms with Gasteiger partial charge in [-0.3, -0.25) is 19.4 Å². The van der Waals surface area contributed by atoms with Crippen LogP contribution in [0.4, 0.5) is 18.9 Å². The number of rotatable bonds is 7. The topological polar surface area (TPSA) is 116 Å². The van der Waals surface area contributed by atoms with Gasteiger partial charge in [0.25, 0.3) is 17.6 Å². The molecule has 3 N–H and O–H groups in total. The summed E-state index contributed by atoms with van der Waals surface area (Å²) in [5.41, 5.74) is 0.700. The van der Waals surface area contributed by atoms with Gasteiger partial charge in [-0.1, -0.05) is 0 Å². The number of carbonyl (C=O) groups is 3. The summed E-state index contributed by atoms with van der Waals surface area (Å²) in [6.07, 6.45) is 2.03. The highest BCUT2D eigenvalue weighted by molar-refractivity contribution is 6.43. The maximum atomic E-state index is 13.7. The zero-order valence-electron chi connectivity index (χ0n) is 19.2. The van der Waals surface area contributed by atoms with Crippen LogP contribution in [0.1, 0.15) is 52.1 Å². The van der Waals surface area contributed by atoms with E-state index in [9.17, 15) is 27.6 Å². The molecule has 2 aromatic rings. The number of aliphatic imine (C=N–C) groups is 1. The molecule has 1 aliphatic heterocycles. The van der Waals surface area contributed by atoms with Crippen molar-refractivity contribution in [1.29, 1.82) is 5.41 Å². The van der Waals surface area contributed by atoms with E-state index in [2.05, 4.69) is 15.6 Å². The number of nitrogens with one attached hydrogen (secondary N) is 3. The van der Waals surface area contributed by atoms with Crippen LogP contribution in [0.2, 0.25) is 0 Å². The number of hydrogen-bond acceptors (Lipinski definition) is 5. The van der Waals surface area contributed by atoms with Crippen LogP contribution in [0.25, 0.3) is 0 Å². The first-order valence-electron chi connectivity index (χ1n) is 11.0. The predicted octanol–water partition coefficient (Wildman–Crippen LogP) is 2.84. The van der Waals surface area contributed by atoms with Gasteiger partial charge < -0.3 is 20.6 Å². The molecule has 0 saturated heterocycles. The Morgan fingerprint density at radius 3 is 2.57 bits per heavy atom. The number of hydrogen-bond donors (Lipinski definition) is 3. The second kappa shape index (κ2) is 8.79. The molecule has 8 nitrogen and oxygen atoms in total. The molecule has 0 spiro atoms. The molecule has 1 aromatic carbocycles. The quantitative estimate of drug-likeness (QED) is 0.317. The third kappa shape index (κ3) is 4.26. The summed E-state index contributed by atoms with van der Waals surface area (Å²) < 4.78 is 42.5. The van der Waals surface area contributed by atoms with E-state index in [1.54, 1.807) is 11.5 Å². The van der Waals surface area contributed by atoms with Crippen molar-refractivity contribution in [3.05, 3.63) is 52.1 Å². The first-order valence-corrected chi connectivity index (χ1v) is 11.0. The number of nitrogens with zero attached hydrogens (tertiary/aromatic N) is 2. The molecular weight excluding hydrogens is 463 g/mol. The number of halogens is 3. The van der Waals surface area contributed by atoms with Crippen molar-refractivity contribution in [2.75, 3.05) is 7.05 Å². The van der Waals surface area contributed by atoms with E-state index in [0.29, 0.717) is 29.8 Å². The van der Waals surface area contributed by atoms with Crippen molar-refractivity contribution in [2.24, 2.45) is 4.99 Å². The fourth-order valence-electron chi connectivity index (χ4n) is 4.83. The van der Waals surface area contributed by atoms with Crippen LogP contribution in [-0.2, 0) is 22.6 Å². The van der Waals surface area contributed by atoms with Gasteiger partial charge in [0, 0.05) is 55.7 Å². The van der Waals surface area contributed by atoms with Gasteiger partial charge in [-0.25, -0.2) is 13.2 Å². The molecule has 1 aliphatic carbocycles. The van der Waals surface area contributed by atoms with E-state index in [1.165, 1.54) is 31.5 Å². The number of likely N-dealkylation sites (N-methyl/N-ethyl adjacent to an activating group) is 1. The molecule has 1 aromatic heterocycles. The fourth-order valence-corrected chi connectivity index (χ4v) is 4.83. The van der Waals surface area contributed by atoms with Crippen molar-refractivity contribution in [3.63, 3.8) is 0 Å². The minimum absolute atomic E-state index is 0.0811. The largest absolute Gasteiger partial charge is 0.357 e. The summed E-state index contributed by atoms with van der Waals surface area (Å²) in [5, 5.41) is 11.8. The molecule has 4 rings (SSSR count). The Hall–Kier alpha value is -3.76. The molecule has 1 saturated carbocycles. The maximum absolute atomic E-state index is 13.7. The smallest absolute Gasteiger partial charge is 0.294 e. The molecule has 2 heterocycles. The van der Waals surface area contributed by atoms with Crippen LogP contribution < -0.4 is 10.6 Å². The highest BCUT2D eigenvalue weighted by atomic mass is 19.3. The summed E-state index contributed by atoms with van der Waals surface area (Å²) in [6.45, 7) is 2.15. The summed E-state index contributed by atoms with van der Waals surface area (Å²) in [7, 11) is 1.27. The fraction of sp³-hybridized carbons (Fsp3) is 0.375. The van der Waals surface area contributed by atoms with Crippen LogP contribution in [-0.4, -0.2) is 53.1 Å². The van der Waals surface area contributed by atoms with Crippen LogP contribution >= 0.6 is 0 Å². The summed E-state index contributed by atoms with van der Waals surface area (Å²) in [5.74, 6) is -6.47. The predicted molar refractivity (Wildman–Crippen MR) is 122 cm³/mol. The molecule has 0 radical (unpaired) electrons. The van der Waals surface area contributed by atoms with Crippen LogP contribution in [0, 0.1) is 18.2 Å². The zero-order valence-corrected chi connectivity index (χ0v) is 19.2. The Morgan fingerprint density at radius 1 is 1.23 bits per heavy atom. The van der Waals surface area contributed by atoms with Gasteiger partial charge in [-0.05, 0) is 43.5 Å². The van der Waals surface area contributed by atoms with Crippen molar-refractivity contribution >= 4 is 35.7 Å². The molecule has 0 unspecified atom stereocenters. The number of aromatic nitrogens is 1. The van der Waals surface area contributed by atoms with Gasteiger partial charge in [0.1, 0.15) is 11.4 Å². The lowest BCUT2D eigenvalue weighted by Crippen LogP contribution is -2.69. The third-order valence-electron chi connectivity index (χ3n) is 6.50. The number of fused-ring (bicyclic) bond motifs is 1. The minimum atomic E-state index is -3.10. The van der Waals surface area contributed by atoms with Crippen molar-refractivity contribution in [2.45, 2.75) is 50.6 Å². The highest BCUT2D eigenvalue weighted by Gasteiger charge is 2.62. The molecule has 11 heteroatoms. The first-order chi connectivity index (χ1) is 16.5. The van der Waals surface area contributed by atoms with E-state index in [4.69, 9.17) is 5.41 Å². The van der Waals surface area contributed by atoms with Crippen LogP contribution in [0.5, 0.6) is 0 Å². The third-order valence-corrected chi connectivity index (χ3v) is 6.50. The summed E-state index contributed by atoms with van der Waals surface area (Å²) in [4.78, 5) is 42.6. The monoisotopic (exact) mass is 487 g/mol. The molecular formula is C24H24F3N5O3. The van der Waals surface area contributed by atoms with E-state index in [-0.39, 0.29) is 11.3 Å². The minimum Gasteiger partial charge on any atom is -0.357 e. The highest BCUT2D eigenvalue weighted by Crippen LogP contribution is 2.45. The summed E-state index contributed by atoms with van der Waals surface area (Å²) in [6, 6.07) is 4.07. The normalized spacial score (nSPS) is 17.5. The van der Waals surface area contributed by atoms with Crippen LogP contribution in [0.3, 0.4) is 0 Å². The Bertz CT molecular complexity index is 1270. The average Bonchev–Trinajstić information content (AvgIpc) is 3.36. The standard InChI is InChI=1S/C24H24F3N5O3/c1-13-16(10-30-15-5-6-17(25)14(8-15)9-28)18-4-3-7-32(18)19(13)20(33)21(34)31-23(22(35)29-2)11-24(26,27)12-23/h5-6,8-10,28H,3-4,7,11-12H2,1-2H3,(H,29,35)(H,31,34). The van der Waals surface area contributed by atoms with Crippen molar-refractivity contribution in [1.82, 2.24) is 15.2 Å². The molecule has 1 fully saturated rings. The zero-order chi connectivity index (χ0) is 25.5. The number of ketones is 1. The van der Waals surface area contributed by atoms with Gasteiger partial charge in [0.2, 0.25) is 5.91 Å². The number of alkyl halides is 2. The van der Waals surface area contributed by atoms with Gasteiger partial charge >= 0.3 is 0 Å². The van der Waals surface area contributed by atoms with Gasteiger partial charge in [0.15, 0.2) is 0 Å². The summed E-state index contributed by atoms with van der Waals surface area (Å²) >= 11 is 0. The lowest BCUT2D eigenvalue weighted by Gasteiger charge is -2.45. The lowest BCUT2D eigenvalue weighted by atomic mass is 9.72. The van der Waals surface area contributed by atoms with Gasteiger partial charge in [-0.2, -0.15) is 0 Å². The van der Waals surface area contributed by atoms with E-state index in [0.717, 1.165) is 18.3 Å². The molecule has 184 valence electrons. The number of Topliss-reactive ketones (excluding diaryl/α,β-unsaturated/α-hetero) is 1. The second-order valence-corrected chi connectivity index (χ2v) is 8.85. The van der Waals surface area contributed by atoms with Crippen molar-refractivity contribution in [3.8, 4) is 0 Å². The van der Waals surface area contributed by atoms with Crippen LogP contribution in [0.15, 0.2) is 23.2 Å². The number of benzene rings is 1. The van der Waals surface area contributed by atoms with Gasteiger partial charge in [0.05, 0.1) is 11.4 Å².